The lowest BCUT2D eigenvalue weighted by Crippen LogP contribution is -2.52. The molecule has 0 spiro atoms. The van der Waals surface area contributed by atoms with E-state index < -0.39 is 10.0 Å². The van der Waals surface area contributed by atoms with Gasteiger partial charge in [0.25, 0.3) is 0 Å². The molecule has 1 amide bonds. The first kappa shape index (κ1) is 21.9. The molecule has 2 aliphatic heterocycles. The normalized spacial score (nSPS) is 17.6. The highest BCUT2D eigenvalue weighted by atomic mass is 32.2. The molecule has 0 radical (unpaired) electrons. The van der Waals surface area contributed by atoms with E-state index in [0.29, 0.717) is 57.4 Å². The minimum absolute atomic E-state index is 0.0688. The Morgan fingerprint density at radius 2 is 1.76 bits per heavy atom. The number of unbranched alkanes of at least 4 members (excludes halogenated alkanes) is 1. The summed E-state index contributed by atoms with van der Waals surface area (Å²) in [5, 5.41) is 0. The van der Waals surface area contributed by atoms with Crippen LogP contribution in [0.15, 0.2) is 23.1 Å². The van der Waals surface area contributed by atoms with Crippen molar-refractivity contribution in [2.75, 3.05) is 59.0 Å². The van der Waals surface area contributed by atoms with E-state index in [2.05, 4.69) is 18.7 Å². The number of hydrogen-bond donors (Lipinski definition) is 0. The Morgan fingerprint density at radius 1 is 1.07 bits per heavy atom. The molecule has 1 aromatic rings. The molecule has 3 rings (SSSR count). The number of ether oxygens (including phenoxy) is 2. The zero-order valence-electron chi connectivity index (χ0n) is 17.3. The predicted octanol–water partition coefficient (Wildman–Crippen LogP) is 1.41. The van der Waals surface area contributed by atoms with Crippen LogP contribution in [0, 0.1) is 0 Å². The number of likely N-dealkylation sites (N-methyl/N-ethyl adjacent to an activating group) is 1. The van der Waals surface area contributed by atoms with Gasteiger partial charge in [-0.25, -0.2) is 8.42 Å². The smallest absolute Gasteiger partial charge is 0.243 e. The van der Waals surface area contributed by atoms with Crippen molar-refractivity contribution in [3.05, 3.63) is 18.2 Å². The highest BCUT2D eigenvalue weighted by molar-refractivity contribution is 7.89. The molecule has 0 atom stereocenters. The fraction of sp³-hybridized carbons (Fsp3) is 0.650. The molecule has 0 N–H and O–H groups in total. The van der Waals surface area contributed by atoms with Gasteiger partial charge in [-0.3, -0.25) is 9.69 Å². The first-order valence-electron chi connectivity index (χ1n) is 10.4. The summed E-state index contributed by atoms with van der Waals surface area (Å²) in [6.45, 7) is 8.62. The first-order valence-corrected chi connectivity index (χ1v) is 11.8. The Morgan fingerprint density at radius 3 is 2.41 bits per heavy atom. The fourth-order valence-electron chi connectivity index (χ4n) is 3.53. The van der Waals surface area contributed by atoms with Gasteiger partial charge in [0.2, 0.25) is 15.9 Å². The lowest BCUT2D eigenvalue weighted by molar-refractivity contribution is -0.133. The summed E-state index contributed by atoms with van der Waals surface area (Å²) in [5.74, 6) is 1.09. The maximum absolute atomic E-state index is 13.0. The average molecular weight is 426 g/mol. The molecule has 0 aromatic heterocycles. The van der Waals surface area contributed by atoms with E-state index in [-0.39, 0.29) is 10.8 Å². The minimum Gasteiger partial charge on any atom is -0.486 e. The topological polar surface area (TPSA) is 79.4 Å². The number of hydrogen-bond acceptors (Lipinski definition) is 6. The zero-order valence-corrected chi connectivity index (χ0v) is 18.1. The van der Waals surface area contributed by atoms with E-state index in [4.69, 9.17) is 9.47 Å². The van der Waals surface area contributed by atoms with Crippen molar-refractivity contribution in [3.63, 3.8) is 0 Å². The zero-order chi connectivity index (χ0) is 20.9. The van der Waals surface area contributed by atoms with Crippen LogP contribution in [0.4, 0.5) is 0 Å². The summed E-state index contributed by atoms with van der Waals surface area (Å²) in [5.41, 5.74) is 0. The van der Waals surface area contributed by atoms with Gasteiger partial charge >= 0.3 is 0 Å². The van der Waals surface area contributed by atoms with Crippen LogP contribution in [0.2, 0.25) is 0 Å². The monoisotopic (exact) mass is 425 g/mol. The van der Waals surface area contributed by atoms with Crippen LogP contribution in [-0.2, 0) is 14.8 Å². The van der Waals surface area contributed by atoms with Crippen molar-refractivity contribution in [1.82, 2.24) is 14.1 Å². The van der Waals surface area contributed by atoms with Gasteiger partial charge in [-0.05, 0) is 31.6 Å². The second-order valence-electron chi connectivity index (χ2n) is 7.31. The Labute approximate surface area is 173 Å². The molecule has 1 fully saturated rings. The lowest BCUT2D eigenvalue weighted by atomic mass is 10.3. The Bertz CT molecular complexity index is 806. The molecule has 29 heavy (non-hydrogen) atoms. The molecule has 0 unspecified atom stereocenters. The summed E-state index contributed by atoms with van der Waals surface area (Å²) in [6, 6.07) is 4.71. The molecular formula is C20H31N3O5S. The van der Waals surface area contributed by atoms with E-state index in [0.717, 1.165) is 25.9 Å². The van der Waals surface area contributed by atoms with Crippen molar-refractivity contribution < 1.29 is 22.7 Å². The number of amides is 1. The molecule has 1 saturated heterocycles. The third kappa shape index (κ3) is 5.21. The second-order valence-corrected chi connectivity index (χ2v) is 9.25. The van der Waals surface area contributed by atoms with Gasteiger partial charge in [-0.2, -0.15) is 4.31 Å². The average Bonchev–Trinajstić information content (AvgIpc) is 2.76. The number of sulfonamides is 1. The molecule has 0 saturated carbocycles. The van der Waals surface area contributed by atoms with Gasteiger partial charge < -0.3 is 14.4 Å². The maximum Gasteiger partial charge on any atom is 0.243 e. The van der Waals surface area contributed by atoms with Gasteiger partial charge in [-0.1, -0.05) is 20.3 Å². The van der Waals surface area contributed by atoms with Crippen LogP contribution in [0.3, 0.4) is 0 Å². The summed E-state index contributed by atoms with van der Waals surface area (Å²) in [6.07, 6.45) is 2.17. The highest BCUT2D eigenvalue weighted by Crippen LogP contribution is 2.33. The number of fused-ring (bicyclic) bond motifs is 1. The summed E-state index contributed by atoms with van der Waals surface area (Å²) >= 11 is 0. The maximum atomic E-state index is 13.0. The van der Waals surface area contributed by atoms with E-state index in [1.54, 1.807) is 17.0 Å². The van der Waals surface area contributed by atoms with E-state index in [1.165, 1.54) is 10.4 Å². The second kappa shape index (κ2) is 9.77. The summed E-state index contributed by atoms with van der Waals surface area (Å²) in [4.78, 5) is 16.7. The number of carbonyl (C=O) groups excluding carboxylic acids is 1. The van der Waals surface area contributed by atoms with E-state index in [1.807, 2.05) is 0 Å². The van der Waals surface area contributed by atoms with Crippen LogP contribution in [0.25, 0.3) is 0 Å². The van der Waals surface area contributed by atoms with Gasteiger partial charge in [0.05, 0.1) is 11.4 Å². The van der Waals surface area contributed by atoms with Crippen LogP contribution >= 0.6 is 0 Å². The van der Waals surface area contributed by atoms with Crippen molar-refractivity contribution in [1.29, 1.82) is 0 Å². The SMILES string of the molecule is CCCCN(CC)CC(=O)N1CCN(S(=O)(=O)c2ccc3c(c2)OCCO3)CC1. The molecule has 1 aromatic carbocycles. The lowest BCUT2D eigenvalue weighted by Gasteiger charge is -2.35. The van der Waals surface area contributed by atoms with Crippen LogP contribution in [0.5, 0.6) is 11.5 Å². The predicted molar refractivity (Wildman–Crippen MR) is 110 cm³/mol. The molecule has 0 aliphatic carbocycles. The molecule has 0 bridgehead atoms. The van der Waals surface area contributed by atoms with Crippen LogP contribution in [0.1, 0.15) is 26.7 Å². The fourth-order valence-corrected chi connectivity index (χ4v) is 4.97. The summed E-state index contributed by atoms with van der Waals surface area (Å²) in [7, 11) is -3.63. The molecular weight excluding hydrogens is 394 g/mol. The summed E-state index contributed by atoms with van der Waals surface area (Å²) < 4.78 is 38.4. The highest BCUT2D eigenvalue weighted by Gasteiger charge is 2.31. The molecule has 8 nitrogen and oxygen atoms in total. The Balaban J connectivity index is 1.59. The van der Waals surface area contributed by atoms with Crippen molar-refractivity contribution in [2.24, 2.45) is 0 Å². The minimum atomic E-state index is -3.63. The van der Waals surface area contributed by atoms with Gasteiger partial charge in [0.1, 0.15) is 13.2 Å². The number of carbonyl (C=O) groups is 1. The van der Waals surface area contributed by atoms with Gasteiger partial charge in [-0.15, -0.1) is 0 Å². The van der Waals surface area contributed by atoms with Crippen LogP contribution in [-0.4, -0.2) is 87.5 Å². The molecule has 2 aliphatic rings. The number of piperazine rings is 1. The third-order valence-corrected chi connectivity index (χ3v) is 7.27. The van der Waals surface area contributed by atoms with Gasteiger partial charge in [0.15, 0.2) is 11.5 Å². The van der Waals surface area contributed by atoms with E-state index in [9.17, 15) is 13.2 Å². The molecule has 162 valence electrons. The van der Waals surface area contributed by atoms with Crippen molar-refractivity contribution in [3.8, 4) is 11.5 Å². The standard InChI is InChI=1S/C20H31N3O5S/c1-3-5-8-21(4-2)16-20(24)22-9-11-23(12-10-22)29(25,26)17-6-7-18-19(15-17)28-14-13-27-18/h6-7,15H,3-5,8-14,16H2,1-2H3. The van der Waals surface area contributed by atoms with Crippen molar-refractivity contribution in [2.45, 2.75) is 31.6 Å². The largest absolute Gasteiger partial charge is 0.486 e. The van der Waals surface area contributed by atoms with Crippen molar-refractivity contribution >= 4 is 15.9 Å². The Kier molecular flexibility index (Phi) is 7.37. The number of rotatable bonds is 8. The molecule has 2 heterocycles. The Hall–Kier alpha value is -1.84. The quantitative estimate of drug-likeness (QED) is 0.627. The van der Waals surface area contributed by atoms with E-state index >= 15 is 0 Å². The van der Waals surface area contributed by atoms with Crippen LogP contribution < -0.4 is 9.47 Å². The first-order chi connectivity index (χ1) is 14.0. The number of benzene rings is 1. The van der Waals surface area contributed by atoms with Gasteiger partial charge in [0, 0.05) is 32.2 Å². The molecule has 9 heteroatoms. The number of nitrogens with zero attached hydrogens (tertiary/aromatic N) is 3. The third-order valence-electron chi connectivity index (χ3n) is 5.38.